The number of likely N-dealkylation sites (N-methyl/N-ethyl adjacent to an activating group) is 1. The molecule has 10 nitrogen and oxygen atoms in total. The molecule has 0 aliphatic carbocycles. The summed E-state index contributed by atoms with van der Waals surface area (Å²) in [6.45, 7) is 7.58. The topological polar surface area (TPSA) is 98.1 Å². The zero-order valence-corrected chi connectivity index (χ0v) is 28.6. The van der Waals surface area contributed by atoms with E-state index in [1.54, 1.807) is 0 Å². The van der Waals surface area contributed by atoms with E-state index in [0.29, 0.717) is 51.3 Å². The van der Waals surface area contributed by atoms with Crippen molar-refractivity contribution in [2.45, 2.75) is 57.8 Å². The first-order valence-corrected chi connectivity index (χ1v) is 17.5. The van der Waals surface area contributed by atoms with Gasteiger partial charge in [-0.05, 0) is 62.4 Å². The Bertz CT molecular complexity index is 1820. The fourth-order valence-electron chi connectivity index (χ4n) is 7.59. The third-order valence-electron chi connectivity index (χ3n) is 10.3. The van der Waals surface area contributed by atoms with Gasteiger partial charge in [-0.15, -0.1) is 0 Å². The van der Waals surface area contributed by atoms with Crippen molar-refractivity contribution in [2.24, 2.45) is 0 Å². The van der Waals surface area contributed by atoms with E-state index >= 15 is 0 Å². The Morgan fingerprint density at radius 3 is 2.59 bits per heavy atom. The van der Waals surface area contributed by atoms with Crippen molar-refractivity contribution in [3.63, 3.8) is 0 Å². The number of aryl methyl sites for hydroxylation is 1. The molecule has 0 N–H and O–H groups in total. The number of likely N-dealkylation sites (tertiary alicyclic amines) is 1. The molecule has 2 fully saturated rings. The van der Waals surface area contributed by atoms with Gasteiger partial charge in [-0.1, -0.05) is 60.7 Å². The van der Waals surface area contributed by atoms with Crippen molar-refractivity contribution in [1.82, 2.24) is 19.8 Å². The van der Waals surface area contributed by atoms with Gasteiger partial charge < -0.3 is 24.2 Å². The van der Waals surface area contributed by atoms with Gasteiger partial charge in [0.25, 0.3) is 0 Å². The van der Waals surface area contributed by atoms with Gasteiger partial charge in [-0.3, -0.25) is 9.69 Å². The molecule has 254 valence electrons. The minimum absolute atomic E-state index is 0.135. The summed E-state index contributed by atoms with van der Waals surface area (Å²) in [7, 11) is 2.15. The number of hydrogen-bond donors (Lipinski definition) is 0. The number of piperazine rings is 1. The first kappa shape index (κ1) is 32.8. The lowest BCUT2D eigenvalue weighted by Crippen LogP contribution is -2.55. The lowest BCUT2D eigenvalue weighted by atomic mass is 9.99. The van der Waals surface area contributed by atoms with Crippen LogP contribution in [0.5, 0.6) is 6.01 Å². The average Bonchev–Trinajstić information content (AvgIpc) is 3.54. The van der Waals surface area contributed by atoms with Crippen molar-refractivity contribution >= 4 is 28.2 Å². The number of nitrogens with zero attached hydrogens (tertiary/aromatic N) is 7. The van der Waals surface area contributed by atoms with Gasteiger partial charge in [0.1, 0.15) is 19.0 Å². The Balaban J connectivity index is 1.13. The molecule has 3 aliphatic heterocycles. The predicted octanol–water partition coefficient (Wildman–Crippen LogP) is 5.12. The Kier molecular flexibility index (Phi) is 9.92. The van der Waals surface area contributed by atoms with E-state index in [1.165, 1.54) is 28.4 Å². The molecule has 7 rings (SSSR count). The van der Waals surface area contributed by atoms with Gasteiger partial charge >= 0.3 is 12.0 Å². The fourth-order valence-corrected chi connectivity index (χ4v) is 7.59. The zero-order valence-electron chi connectivity index (χ0n) is 28.6. The standard InChI is InChI=1S/C39H45N7O3/c1-28-9-6-12-30-13-7-15-35(37(28)30)45-20-17-33-34(24-45)41-39(49-27-32-14-8-19-43(32)2)42-38(33)46-22-21-44(31(23-46)16-18-40)25-36(47)48-26-29-10-4-3-5-11-29/h3-7,9-13,15,31-32H,8,14,16-17,19-27H2,1-2H3/t31-,32+/m0/s1. The van der Waals surface area contributed by atoms with Crippen LogP contribution in [0, 0.1) is 18.3 Å². The van der Waals surface area contributed by atoms with Crippen LogP contribution in [0.4, 0.5) is 11.5 Å². The molecule has 0 amide bonds. The number of carbonyl (C=O) groups is 1. The SMILES string of the molecule is Cc1cccc2cccc(N3CCc4c(nc(OC[C@H]5CCCN5C)nc4N4CCN(CC(=O)OCc5ccccc5)[C@@H](CC#N)C4)C3)c12. The largest absolute Gasteiger partial charge is 0.462 e. The van der Waals surface area contributed by atoms with Crippen LogP contribution in [0.2, 0.25) is 0 Å². The number of aromatic nitrogens is 2. The van der Waals surface area contributed by atoms with Gasteiger partial charge in [-0.2, -0.15) is 15.2 Å². The highest BCUT2D eigenvalue weighted by Gasteiger charge is 2.33. The maximum absolute atomic E-state index is 12.9. The van der Waals surface area contributed by atoms with E-state index in [0.717, 1.165) is 48.6 Å². The second-order valence-corrected chi connectivity index (χ2v) is 13.5. The average molecular weight is 660 g/mol. The van der Waals surface area contributed by atoms with E-state index in [4.69, 9.17) is 19.4 Å². The van der Waals surface area contributed by atoms with E-state index in [-0.39, 0.29) is 25.2 Å². The smallest absolute Gasteiger partial charge is 0.320 e. The molecule has 0 unspecified atom stereocenters. The summed E-state index contributed by atoms with van der Waals surface area (Å²) in [5, 5.41) is 12.3. The molecule has 0 spiro atoms. The minimum atomic E-state index is -0.281. The summed E-state index contributed by atoms with van der Waals surface area (Å²) in [6, 6.07) is 25.7. The number of fused-ring (bicyclic) bond motifs is 2. The van der Waals surface area contributed by atoms with E-state index < -0.39 is 0 Å². The van der Waals surface area contributed by atoms with Gasteiger partial charge in [0.15, 0.2) is 0 Å². The molecule has 0 radical (unpaired) electrons. The lowest BCUT2D eigenvalue weighted by Gasteiger charge is -2.42. The summed E-state index contributed by atoms with van der Waals surface area (Å²) in [5.74, 6) is 0.610. The second-order valence-electron chi connectivity index (χ2n) is 13.5. The molecule has 1 aromatic heterocycles. The minimum Gasteiger partial charge on any atom is -0.462 e. The molecule has 49 heavy (non-hydrogen) atoms. The summed E-state index contributed by atoms with van der Waals surface area (Å²) < 4.78 is 12.0. The molecular formula is C39H45N7O3. The third kappa shape index (κ3) is 7.33. The number of rotatable bonds is 10. The fraction of sp³-hybridized carbons (Fsp3) is 0.436. The van der Waals surface area contributed by atoms with Crippen molar-refractivity contribution in [2.75, 3.05) is 62.7 Å². The number of nitriles is 1. The van der Waals surface area contributed by atoms with Crippen LogP contribution in [-0.2, 0) is 29.1 Å². The van der Waals surface area contributed by atoms with Crippen LogP contribution < -0.4 is 14.5 Å². The van der Waals surface area contributed by atoms with Gasteiger partial charge in [0, 0.05) is 54.9 Å². The van der Waals surface area contributed by atoms with E-state index in [1.807, 2.05) is 30.3 Å². The molecule has 4 aromatic rings. The third-order valence-corrected chi connectivity index (χ3v) is 10.3. The molecule has 2 atom stereocenters. The molecule has 3 aliphatic rings. The maximum atomic E-state index is 12.9. The van der Waals surface area contributed by atoms with Crippen LogP contribution in [-0.4, -0.2) is 90.7 Å². The van der Waals surface area contributed by atoms with E-state index in [9.17, 15) is 10.1 Å². The summed E-state index contributed by atoms with van der Waals surface area (Å²) in [6.07, 6.45) is 3.38. The molecule has 0 saturated carbocycles. The Hall–Kier alpha value is -4.72. The highest BCUT2D eigenvalue weighted by atomic mass is 16.5. The van der Waals surface area contributed by atoms with Gasteiger partial charge in [-0.25, -0.2) is 0 Å². The Morgan fingerprint density at radius 1 is 0.959 bits per heavy atom. The van der Waals surface area contributed by atoms with Crippen LogP contribution >= 0.6 is 0 Å². The van der Waals surface area contributed by atoms with Crippen molar-refractivity contribution in [1.29, 1.82) is 5.26 Å². The molecule has 4 heterocycles. The van der Waals surface area contributed by atoms with Crippen molar-refractivity contribution in [3.8, 4) is 12.1 Å². The number of anilines is 2. The number of hydrogen-bond acceptors (Lipinski definition) is 10. The first-order chi connectivity index (χ1) is 24.0. The summed E-state index contributed by atoms with van der Waals surface area (Å²) >= 11 is 0. The van der Waals surface area contributed by atoms with Crippen LogP contribution in [0.25, 0.3) is 10.8 Å². The van der Waals surface area contributed by atoms with Gasteiger partial charge in [0.05, 0.1) is 31.3 Å². The first-order valence-electron chi connectivity index (χ1n) is 17.5. The summed E-state index contributed by atoms with van der Waals surface area (Å²) in [5.41, 5.74) is 5.57. The second kappa shape index (κ2) is 14.8. The monoisotopic (exact) mass is 659 g/mol. The van der Waals surface area contributed by atoms with Crippen LogP contribution in [0.1, 0.15) is 41.6 Å². The normalized spacial score (nSPS) is 19.9. The predicted molar refractivity (Wildman–Crippen MR) is 191 cm³/mol. The van der Waals surface area contributed by atoms with Gasteiger partial charge in [0.2, 0.25) is 0 Å². The highest BCUT2D eigenvalue weighted by Crippen LogP contribution is 2.36. The number of esters is 1. The van der Waals surface area contributed by atoms with Crippen molar-refractivity contribution < 1.29 is 14.3 Å². The van der Waals surface area contributed by atoms with Crippen molar-refractivity contribution in [3.05, 3.63) is 89.1 Å². The molecular weight excluding hydrogens is 614 g/mol. The molecule has 0 bridgehead atoms. The quantitative estimate of drug-likeness (QED) is 0.214. The van der Waals surface area contributed by atoms with Crippen LogP contribution in [0.3, 0.4) is 0 Å². The zero-order chi connectivity index (χ0) is 33.7. The number of ether oxygens (including phenoxy) is 2. The number of carbonyl (C=O) groups excluding carboxylic acids is 1. The summed E-state index contributed by atoms with van der Waals surface area (Å²) in [4.78, 5) is 32.1. The number of benzene rings is 3. The Morgan fingerprint density at radius 2 is 1.80 bits per heavy atom. The Labute approximate surface area is 288 Å². The maximum Gasteiger partial charge on any atom is 0.320 e. The molecule has 2 saturated heterocycles. The van der Waals surface area contributed by atoms with Crippen LogP contribution in [0.15, 0.2) is 66.7 Å². The molecule has 3 aromatic carbocycles. The molecule has 10 heteroatoms. The lowest BCUT2D eigenvalue weighted by molar-refractivity contribution is -0.147. The highest BCUT2D eigenvalue weighted by molar-refractivity contribution is 5.97. The van der Waals surface area contributed by atoms with E-state index in [2.05, 4.69) is 76.0 Å².